The summed E-state index contributed by atoms with van der Waals surface area (Å²) in [5.41, 5.74) is 0. The molecular formula is C9H15NS2. The largest absolute Gasteiger partial charge is 0.356 e. The highest BCUT2D eigenvalue weighted by Gasteiger charge is 2.35. The van der Waals surface area contributed by atoms with Crippen LogP contribution in [0.4, 0.5) is 0 Å². The molecule has 68 valence electrons. The lowest BCUT2D eigenvalue weighted by molar-refractivity contribution is 0.360. The van der Waals surface area contributed by atoms with Gasteiger partial charge < -0.3 is 4.90 Å². The molecule has 0 bridgehead atoms. The topological polar surface area (TPSA) is 3.24 Å². The second kappa shape index (κ2) is 3.54. The Balaban J connectivity index is 2.09. The van der Waals surface area contributed by atoms with Crippen LogP contribution in [-0.4, -0.2) is 27.6 Å². The Hall–Kier alpha value is 0.240. The molecule has 0 aromatic carbocycles. The lowest BCUT2D eigenvalue weighted by atomic mass is 10.1. The zero-order chi connectivity index (χ0) is 8.55. The van der Waals surface area contributed by atoms with E-state index in [1.165, 1.54) is 32.1 Å². The first-order valence-corrected chi connectivity index (χ1v) is 6.01. The average Bonchev–Trinajstić information content (AvgIpc) is 2.30. The predicted molar refractivity (Wildman–Crippen MR) is 58.6 cm³/mol. The molecule has 2 atom stereocenters. The molecule has 0 N–H and O–H groups in total. The Bertz CT molecular complexity index is 193. The van der Waals surface area contributed by atoms with Crippen LogP contribution < -0.4 is 0 Å². The van der Waals surface area contributed by atoms with E-state index in [1.807, 2.05) is 11.8 Å². The molecule has 1 aliphatic carbocycles. The normalized spacial score (nSPS) is 36.4. The van der Waals surface area contributed by atoms with Gasteiger partial charge in [0.05, 0.1) is 0 Å². The van der Waals surface area contributed by atoms with Gasteiger partial charge in [0.15, 0.2) is 0 Å². The van der Waals surface area contributed by atoms with E-state index < -0.39 is 0 Å². The van der Waals surface area contributed by atoms with Crippen molar-refractivity contribution in [2.75, 3.05) is 7.05 Å². The minimum absolute atomic E-state index is 0.755. The van der Waals surface area contributed by atoms with E-state index in [4.69, 9.17) is 12.2 Å². The molecule has 1 saturated heterocycles. The summed E-state index contributed by atoms with van der Waals surface area (Å²) >= 11 is 7.22. The van der Waals surface area contributed by atoms with Gasteiger partial charge in [-0.2, -0.15) is 0 Å². The summed E-state index contributed by atoms with van der Waals surface area (Å²) in [5, 5.41) is 0.810. The molecule has 1 saturated carbocycles. The van der Waals surface area contributed by atoms with Gasteiger partial charge in [-0.05, 0) is 12.8 Å². The Morgan fingerprint density at radius 2 is 2.08 bits per heavy atom. The zero-order valence-electron chi connectivity index (χ0n) is 7.45. The lowest BCUT2D eigenvalue weighted by Crippen LogP contribution is -2.32. The molecule has 0 amide bonds. The summed E-state index contributed by atoms with van der Waals surface area (Å²) in [6, 6.07) is 0.755. The number of hydrogen-bond acceptors (Lipinski definition) is 2. The second-order valence-electron chi connectivity index (χ2n) is 3.74. The van der Waals surface area contributed by atoms with Gasteiger partial charge in [-0.3, -0.25) is 0 Å². The van der Waals surface area contributed by atoms with Crippen molar-refractivity contribution in [1.82, 2.24) is 4.90 Å². The first kappa shape index (κ1) is 8.82. The second-order valence-corrected chi connectivity index (χ2v) is 5.61. The van der Waals surface area contributed by atoms with E-state index in [0.29, 0.717) is 0 Å². The third-order valence-electron chi connectivity index (χ3n) is 2.96. The van der Waals surface area contributed by atoms with Crippen LogP contribution in [0, 0.1) is 0 Å². The van der Waals surface area contributed by atoms with Crippen molar-refractivity contribution in [1.29, 1.82) is 0 Å². The van der Waals surface area contributed by atoms with Crippen LogP contribution in [0.3, 0.4) is 0 Å². The fourth-order valence-electron chi connectivity index (χ4n) is 2.18. The molecule has 0 radical (unpaired) electrons. The van der Waals surface area contributed by atoms with Crippen molar-refractivity contribution in [3.8, 4) is 0 Å². The summed E-state index contributed by atoms with van der Waals surface area (Å²) < 4.78 is 1.12. The van der Waals surface area contributed by atoms with Crippen molar-refractivity contribution in [3.05, 3.63) is 0 Å². The summed E-state index contributed by atoms with van der Waals surface area (Å²) in [6.45, 7) is 0. The van der Waals surface area contributed by atoms with Crippen LogP contribution >= 0.6 is 24.0 Å². The van der Waals surface area contributed by atoms with Crippen molar-refractivity contribution in [2.45, 2.75) is 43.4 Å². The van der Waals surface area contributed by atoms with Crippen LogP contribution in [0.15, 0.2) is 0 Å². The number of hydrogen-bond donors (Lipinski definition) is 0. The first-order valence-electron chi connectivity index (χ1n) is 4.72. The van der Waals surface area contributed by atoms with Gasteiger partial charge in [-0.25, -0.2) is 0 Å². The van der Waals surface area contributed by atoms with Gasteiger partial charge in [0.2, 0.25) is 0 Å². The van der Waals surface area contributed by atoms with Crippen molar-refractivity contribution in [3.63, 3.8) is 0 Å². The third-order valence-corrected chi connectivity index (χ3v) is 4.87. The smallest absolute Gasteiger partial charge is 0.136 e. The van der Waals surface area contributed by atoms with E-state index in [-0.39, 0.29) is 0 Å². The molecule has 1 aliphatic heterocycles. The molecular weight excluding hydrogens is 186 g/mol. The third kappa shape index (κ3) is 1.49. The molecule has 3 heteroatoms. The van der Waals surface area contributed by atoms with E-state index in [0.717, 1.165) is 15.6 Å². The summed E-state index contributed by atoms with van der Waals surface area (Å²) in [5.74, 6) is 0. The Labute approximate surface area is 83.9 Å². The van der Waals surface area contributed by atoms with Crippen LogP contribution in [0.5, 0.6) is 0 Å². The molecule has 2 rings (SSSR count). The molecule has 2 aliphatic rings. The number of nitrogens with zero attached hydrogens (tertiary/aromatic N) is 1. The monoisotopic (exact) mass is 201 g/mol. The van der Waals surface area contributed by atoms with Gasteiger partial charge in [0.25, 0.3) is 0 Å². The first-order chi connectivity index (χ1) is 5.79. The minimum Gasteiger partial charge on any atom is -0.356 e. The Kier molecular flexibility index (Phi) is 2.60. The molecule has 2 unspecified atom stereocenters. The quantitative estimate of drug-likeness (QED) is 0.555. The minimum atomic E-state index is 0.755. The predicted octanol–water partition coefficient (Wildman–Crippen LogP) is 2.65. The fraction of sp³-hybridized carbons (Fsp3) is 0.889. The summed E-state index contributed by atoms with van der Waals surface area (Å²) in [6.07, 6.45) is 6.96. The Morgan fingerprint density at radius 3 is 2.92 bits per heavy atom. The Morgan fingerprint density at radius 1 is 1.33 bits per heavy atom. The highest BCUT2D eigenvalue weighted by molar-refractivity contribution is 8.23. The van der Waals surface area contributed by atoms with E-state index in [2.05, 4.69) is 11.9 Å². The van der Waals surface area contributed by atoms with Crippen molar-refractivity contribution in [2.24, 2.45) is 0 Å². The van der Waals surface area contributed by atoms with Gasteiger partial charge in [0, 0.05) is 18.3 Å². The zero-order valence-corrected chi connectivity index (χ0v) is 9.09. The maximum absolute atomic E-state index is 5.29. The molecule has 0 aromatic rings. The van der Waals surface area contributed by atoms with Gasteiger partial charge >= 0.3 is 0 Å². The number of rotatable bonds is 0. The van der Waals surface area contributed by atoms with Crippen molar-refractivity contribution >= 4 is 28.3 Å². The van der Waals surface area contributed by atoms with Gasteiger partial charge in [0.1, 0.15) is 4.32 Å². The van der Waals surface area contributed by atoms with Crippen LogP contribution in [-0.2, 0) is 0 Å². The van der Waals surface area contributed by atoms with Gasteiger partial charge in [-0.1, -0.05) is 43.2 Å². The summed E-state index contributed by atoms with van der Waals surface area (Å²) in [4.78, 5) is 2.32. The van der Waals surface area contributed by atoms with E-state index in [9.17, 15) is 0 Å². The van der Waals surface area contributed by atoms with Gasteiger partial charge in [-0.15, -0.1) is 0 Å². The average molecular weight is 201 g/mol. The molecule has 12 heavy (non-hydrogen) atoms. The molecule has 0 spiro atoms. The molecule has 1 nitrogen and oxygen atoms in total. The SMILES string of the molecule is CN1C(=S)SC2CCCCCC21. The number of fused-ring (bicyclic) bond motifs is 1. The maximum atomic E-state index is 5.29. The van der Waals surface area contributed by atoms with Crippen molar-refractivity contribution < 1.29 is 0 Å². The number of thiocarbonyl (C=S) groups is 1. The fourth-order valence-corrected chi connectivity index (χ4v) is 4.01. The van der Waals surface area contributed by atoms with Crippen LogP contribution in [0.1, 0.15) is 32.1 Å². The van der Waals surface area contributed by atoms with Crippen LogP contribution in [0.2, 0.25) is 0 Å². The van der Waals surface area contributed by atoms with Crippen LogP contribution in [0.25, 0.3) is 0 Å². The standard InChI is InChI=1S/C9H15NS2/c1-10-7-5-3-2-4-6-8(7)12-9(10)11/h7-8H,2-6H2,1H3. The van der Waals surface area contributed by atoms with E-state index in [1.54, 1.807) is 0 Å². The molecule has 0 aromatic heterocycles. The number of thioether (sulfide) groups is 1. The molecule has 2 fully saturated rings. The lowest BCUT2D eigenvalue weighted by Gasteiger charge is -2.22. The summed E-state index contributed by atoms with van der Waals surface area (Å²) in [7, 11) is 2.16. The molecule has 1 heterocycles. The van der Waals surface area contributed by atoms with E-state index >= 15 is 0 Å². The highest BCUT2D eigenvalue weighted by Crippen LogP contribution is 2.38. The highest BCUT2D eigenvalue weighted by atomic mass is 32.2. The maximum Gasteiger partial charge on any atom is 0.136 e.